The number of aldehydes is 1. The molecular weight excluding hydrogens is 382 g/mol. The fraction of sp³-hybridized carbons (Fsp3) is 0.188. The molecule has 0 saturated heterocycles. The summed E-state index contributed by atoms with van der Waals surface area (Å²) >= 11 is 3.33. The SMILES string of the molecule is NCc1cc(OS(=O)(=O)C(CC=O)c2ccccc2)ccc1Br. The molecule has 0 radical (unpaired) electrons. The van der Waals surface area contributed by atoms with Crippen LogP contribution in [0.3, 0.4) is 0 Å². The van der Waals surface area contributed by atoms with Gasteiger partial charge in [0.15, 0.2) is 0 Å². The van der Waals surface area contributed by atoms with Gasteiger partial charge in [-0.05, 0) is 29.3 Å². The first-order chi connectivity index (χ1) is 11.0. The third kappa shape index (κ3) is 4.40. The maximum Gasteiger partial charge on any atom is 0.316 e. The van der Waals surface area contributed by atoms with E-state index < -0.39 is 15.4 Å². The highest BCUT2D eigenvalue weighted by atomic mass is 79.9. The molecule has 2 aromatic rings. The van der Waals surface area contributed by atoms with E-state index >= 15 is 0 Å². The molecule has 0 saturated carbocycles. The largest absolute Gasteiger partial charge is 0.382 e. The van der Waals surface area contributed by atoms with Crippen LogP contribution in [0.15, 0.2) is 53.0 Å². The molecule has 2 aromatic carbocycles. The minimum Gasteiger partial charge on any atom is -0.382 e. The summed E-state index contributed by atoms with van der Waals surface area (Å²) in [5.74, 6) is 0.167. The molecule has 0 fully saturated rings. The Hall–Kier alpha value is -1.70. The minimum absolute atomic E-state index is 0.167. The van der Waals surface area contributed by atoms with Crippen molar-refractivity contribution in [3.8, 4) is 5.75 Å². The smallest absolute Gasteiger partial charge is 0.316 e. The molecule has 0 bridgehead atoms. The van der Waals surface area contributed by atoms with E-state index in [2.05, 4.69) is 15.9 Å². The lowest BCUT2D eigenvalue weighted by molar-refractivity contribution is -0.107. The molecule has 0 aliphatic carbocycles. The number of hydrogen-bond acceptors (Lipinski definition) is 5. The van der Waals surface area contributed by atoms with Crippen LogP contribution in [0.1, 0.15) is 22.8 Å². The molecule has 0 spiro atoms. The van der Waals surface area contributed by atoms with E-state index in [1.54, 1.807) is 42.5 Å². The van der Waals surface area contributed by atoms with Crippen LogP contribution in [0, 0.1) is 0 Å². The Balaban J connectivity index is 2.33. The van der Waals surface area contributed by atoms with E-state index in [4.69, 9.17) is 9.92 Å². The topological polar surface area (TPSA) is 86.5 Å². The number of benzene rings is 2. The molecule has 0 amide bonds. The molecule has 2 rings (SSSR count). The van der Waals surface area contributed by atoms with Crippen LogP contribution < -0.4 is 9.92 Å². The average Bonchev–Trinajstić information content (AvgIpc) is 2.54. The molecule has 0 aromatic heterocycles. The zero-order valence-electron chi connectivity index (χ0n) is 12.2. The lowest BCUT2D eigenvalue weighted by Gasteiger charge is -2.16. The van der Waals surface area contributed by atoms with Crippen LogP contribution in [0.25, 0.3) is 0 Å². The lowest BCUT2D eigenvalue weighted by Crippen LogP contribution is -2.20. The molecule has 0 aliphatic rings. The van der Waals surface area contributed by atoms with Crippen molar-refractivity contribution in [2.45, 2.75) is 18.2 Å². The molecule has 122 valence electrons. The van der Waals surface area contributed by atoms with E-state index in [0.29, 0.717) is 11.8 Å². The number of carbonyl (C=O) groups is 1. The zero-order valence-corrected chi connectivity index (χ0v) is 14.6. The van der Waals surface area contributed by atoms with Gasteiger partial charge < -0.3 is 14.7 Å². The number of nitrogens with two attached hydrogens (primary N) is 1. The Bertz CT molecular complexity index is 778. The van der Waals surface area contributed by atoms with E-state index in [9.17, 15) is 13.2 Å². The summed E-state index contributed by atoms with van der Waals surface area (Å²) in [6.07, 6.45) is 0.401. The van der Waals surface area contributed by atoms with E-state index in [1.165, 1.54) is 6.07 Å². The van der Waals surface area contributed by atoms with Gasteiger partial charge in [-0.2, -0.15) is 8.42 Å². The van der Waals surface area contributed by atoms with Gasteiger partial charge in [0.1, 0.15) is 17.3 Å². The number of halogens is 1. The van der Waals surface area contributed by atoms with Crippen molar-refractivity contribution in [1.82, 2.24) is 0 Å². The van der Waals surface area contributed by atoms with Gasteiger partial charge in [0.25, 0.3) is 0 Å². The van der Waals surface area contributed by atoms with Crippen LogP contribution in [0.5, 0.6) is 5.75 Å². The van der Waals surface area contributed by atoms with Gasteiger partial charge >= 0.3 is 10.1 Å². The highest BCUT2D eigenvalue weighted by molar-refractivity contribution is 9.10. The third-order valence-electron chi connectivity index (χ3n) is 3.28. The van der Waals surface area contributed by atoms with Gasteiger partial charge in [-0.25, -0.2) is 0 Å². The van der Waals surface area contributed by atoms with Gasteiger partial charge in [0.05, 0.1) is 0 Å². The molecule has 1 atom stereocenters. The number of rotatable bonds is 7. The molecule has 0 aliphatic heterocycles. The fourth-order valence-electron chi connectivity index (χ4n) is 2.13. The number of carbonyl (C=O) groups excluding carboxylic acids is 1. The molecule has 5 nitrogen and oxygen atoms in total. The second-order valence-corrected chi connectivity index (χ2v) is 7.41. The molecular formula is C16H16BrNO4S. The first-order valence-corrected chi connectivity index (χ1v) is 9.14. The molecule has 7 heteroatoms. The predicted molar refractivity (Wildman–Crippen MR) is 91.4 cm³/mol. The normalized spacial score (nSPS) is 12.6. The summed E-state index contributed by atoms with van der Waals surface area (Å²) in [6, 6.07) is 13.3. The monoisotopic (exact) mass is 397 g/mol. The second kappa shape index (κ2) is 7.72. The Morgan fingerprint density at radius 2 is 1.87 bits per heavy atom. The van der Waals surface area contributed by atoms with Crippen LogP contribution >= 0.6 is 15.9 Å². The Kier molecular flexibility index (Phi) is 5.92. The van der Waals surface area contributed by atoms with Gasteiger partial charge in [0, 0.05) is 17.4 Å². The van der Waals surface area contributed by atoms with Gasteiger partial charge in [-0.15, -0.1) is 0 Å². The third-order valence-corrected chi connectivity index (χ3v) is 5.64. The van der Waals surface area contributed by atoms with Crippen LogP contribution in [0.4, 0.5) is 0 Å². The first-order valence-electron chi connectivity index (χ1n) is 6.88. The average molecular weight is 398 g/mol. The van der Waals surface area contributed by atoms with Crippen LogP contribution in [0.2, 0.25) is 0 Å². The van der Waals surface area contributed by atoms with Crippen molar-refractivity contribution >= 4 is 32.3 Å². The predicted octanol–water partition coefficient (Wildman–Crippen LogP) is 2.95. The Morgan fingerprint density at radius 3 is 2.48 bits per heavy atom. The Morgan fingerprint density at radius 1 is 1.17 bits per heavy atom. The highest BCUT2D eigenvalue weighted by Gasteiger charge is 2.29. The summed E-state index contributed by atoms with van der Waals surface area (Å²) in [4.78, 5) is 10.9. The Labute approximate surface area is 143 Å². The maximum atomic E-state index is 12.6. The molecule has 23 heavy (non-hydrogen) atoms. The minimum atomic E-state index is -4.02. The van der Waals surface area contributed by atoms with Gasteiger partial charge in [0.2, 0.25) is 0 Å². The first kappa shape index (κ1) is 17.7. The van der Waals surface area contributed by atoms with Crippen molar-refractivity contribution < 1.29 is 17.4 Å². The zero-order chi connectivity index (χ0) is 16.9. The molecule has 2 N–H and O–H groups in total. The quantitative estimate of drug-likeness (QED) is 0.573. The number of hydrogen-bond donors (Lipinski definition) is 1. The highest BCUT2D eigenvalue weighted by Crippen LogP contribution is 2.30. The lowest BCUT2D eigenvalue weighted by atomic mass is 10.1. The van der Waals surface area contributed by atoms with Gasteiger partial charge in [-0.1, -0.05) is 46.3 Å². The van der Waals surface area contributed by atoms with Gasteiger partial charge in [-0.3, -0.25) is 0 Å². The van der Waals surface area contributed by atoms with Crippen molar-refractivity contribution in [2.75, 3.05) is 0 Å². The summed E-state index contributed by atoms with van der Waals surface area (Å²) in [5.41, 5.74) is 6.84. The second-order valence-electron chi connectivity index (χ2n) is 4.84. The van der Waals surface area contributed by atoms with E-state index in [-0.39, 0.29) is 18.7 Å². The molecule has 1 unspecified atom stereocenters. The summed E-state index contributed by atoms with van der Waals surface area (Å²) in [5, 5.41) is -1.05. The summed E-state index contributed by atoms with van der Waals surface area (Å²) in [7, 11) is -4.02. The summed E-state index contributed by atoms with van der Waals surface area (Å²) < 4.78 is 31.1. The van der Waals surface area contributed by atoms with Crippen molar-refractivity contribution in [3.63, 3.8) is 0 Å². The van der Waals surface area contributed by atoms with Crippen molar-refractivity contribution in [3.05, 3.63) is 64.1 Å². The van der Waals surface area contributed by atoms with Crippen LogP contribution in [-0.4, -0.2) is 14.7 Å². The maximum absolute atomic E-state index is 12.6. The standard InChI is InChI=1S/C16H16BrNO4S/c17-15-7-6-14(10-13(15)11-18)22-23(20,21)16(8-9-19)12-4-2-1-3-5-12/h1-7,9-10,16H,8,11,18H2. The van der Waals surface area contributed by atoms with Crippen molar-refractivity contribution in [1.29, 1.82) is 0 Å². The molecule has 0 heterocycles. The van der Waals surface area contributed by atoms with Crippen molar-refractivity contribution in [2.24, 2.45) is 5.73 Å². The summed E-state index contributed by atoms with van der Waals surface area (Å²) in [6.45, 7) is 0.244. The van der Waals surface area contributed by atoms with E-state index in [0.717, 1.165) is 10.0 Å². The fourth-order valence-corrected chi connectivity index (χ4v) is 3.83. The van der Waals surface area contributed by atoms with Crippen LogP contribution in [-0.2, 0) is 21.5 Å². The van der Waals surface area contributed by atoms with E-state index in [1.807, 2.05) is 0 Å².